The molecule has 5 nitrogen and oxygen atoms in total. The highest BCUT2D eigenvalue weighted by Crippen LogP contribution is 2.11. The summed E-state index contributed by atoms with van der Waals surface area (Å²) < 4.78 is 1.70. The van der Waals surface area contributed by atoms with E-state index in [0.29, 0.717) is 17.7 Å². The molecule has 5 heteroatoms. The van der Waals surface area contributed by atoms with E-state index in [4.69, 9.17) is 5.73 Å². The van der Waals surface area contributed by atoms with E-state index in [9.17, 15) is 4.79 Å². The van der Waals surface area contributed by atoms with Crippen LogP contribution in [0.5, 0.6) is 0 Å². The Hall–Kier alpha value is -2.58. The fourth-order valence-corrected chi connectivity index (χ4v) is 1.93. The molecular weight excluding hydrogens is 264 g/mol. The van der Waals surface area contributed by atoms with Gasteiger partial charge in [-0.15, -0.1) is 0 Å². The molecule has 0 bridgehead atoms. The van der Waals surface area contributed by atoms with Crippen LogP contribution in [0.3, 0.4) is 0 Å². The van der Waals surface area contributed by atoms with Crippen LogP contribution in [0.1, 0.15) is 27.2 Å². The van der Waals surface area contributed by atoms with Gasteiger partial charge in [0.25, 0.3) is 5.91 Å². The molecule has 1 aromatic carbocycles. The number of aryl methyl sites for hydroxylation is 2. The number of nitrogens with two attached hydrogens (primary N) is 1. The second-order valence-electron chi connectivity index (χ2n) is 4.72. The molecule has 0 unspecified atom stereocenters. The largest absolute Gasteiger partial charge is 0.346 e. The molecule has 2 aromatic rings. The Labute approximate surface area is 124 Å². The first kappa shape index (κ1) is 14.8. The molecule has 0 aliphatic carbocycles. The molecule has 3 N–H and O–H groups in total. The lowest BCUT2D eigenvalue weighted by atomic mass is 10.0. The van der Waals surface area contributed by atoms with Crippen LogP contribution < -0.4 is 11.1 Å². The van der Waals surface area contributed by atoms with E-state index in [1.54, 1.807) is 10.7 Å². The van der Waals surface area contributed by atoms with Crippen LogP contribution in [0, 0.1) is 18.8 Å². The molecule has 2 rings (SSSR count). The molecule has 0 saturated carbocycles. The van der Waals surface area contributed by atoms with Crippen molar-refractivity contribution in [3.05, 3.63) is 52.8 Å². The molecular formula is C16H18N4O. The predicted octanol–water partition coefficient (Wildman–Crippen LogP) is 0.969. The second kappa shape index (κ2) is 6.73. The Balaban J connectivity index is 2.14. The number of carbonyl (C=O) groups excluding carboxylic acids is 1. The van der Waals surface area contributed by atoms with E-state index in [0.717, 1.165) is 11.3 Å². The van der Waals surface area contributed by atoms with E-state index >= 15 is 0 Å². The summed E-state index contributed by atoms with van der Waals surface area (Å²) in [7, 11) is 1.84. The lowest BCUT2D eigenvalue weighted by Crippen LogP contribution is -2.24. The maximum Gasteiger partial charge on any atom is 0.252 e. The molecule has 0 radical (unpaired) electrons. The quantitative estimate of drug-likeness (QED) is 0.824. The average molecular weight is 282 g/mol. The van der Waals surface area contributed by atoms with Gasteiger partial charge in [0.2, 0.25) is 0 Å². The van der Waals surface area contributed by atoms with Crippen LogP contribution in [0.15, 0.2) is 30.5 Å². The summed E-state index contributed by atoms with van der Waals surface area (Å²) in [4.78, 5) is 12.3. The average Bonchev–Trinajstić information content (AvgIpc) is 2.88. The van der Waals surface area contributed by atoms with Crippen LogP contribution in [-0.4, -0.2) is 22.2 Å². The molecule has 1 amide bonds. The molecule has 0 aliphatic rings. The van der Waals surface area contributed by atoms with Gasteiger partial charge < -0.3 is 11.1 Å². The monoisotopic (exact) mass is 282 g/mol. The molecule has 1 aromatic heterocycles. The lowest BCUT2D eigenvalue weighted by molar-refractivity contribution is 0.0950. The third-order valence-electron chi connectivity index (χ3n) is 2.94. The van der Waals surface area contributed by atoms with Crippen molar-refractivity contribution in [2.75, 3.05) is 6.54 Å². The summed E-state index contributed by atoms with van der Waals surface area (Å²) in [6, 6.07) is 7.43. The van der Waals surface area contributed by atoms with Gasteiger partial charge in [0.1, 0.15) is 0 Å². The van der Waals surface area contributed by atoms with Crippen LogP contribution in [-0.2, 0) is 13.6 Å². The number of benzene rings is 1. The molecule has 0 saturated heterocycles. The van der Waals surface area contributed by atoms with E-state index in [1.165, 1.54) is 0 Å². The topological polar surface area (TPSA) is 72.9 Å². The molecule has 0 fully saturated rings. The van der Waals surface area contributed by atoms with Gasteiger partial charge in [-0.3, -0.25) is 9.48 Å². The van der Waals surface area contributed by atoms with Crippen molar-refractivity contribution in [1.82, 2.24) is 15.1 Å². The van der Waals surface area contributed by atoms with Crippen molar-refractivity contribution in [2.24, 2.45) is 12.8 Å². The van der Waals surface area contributed by atoms with Crippen molar-refractivity contribution in [3.63, 3.8) is 0 Å². The molecule has 1 heterocycles. The second-order valence-corrected chi connectivity index (χ2v) is 4.72. The third-order valence-corrected chi connectivity index (χ3v) is 2.94. The lowest BCUT2D eigenvalue weighted by Gasteiger charge is -2.07. The fraction of sp³-hybridized carbons (Fsp3) is 0.250. The number of aromatic nitrogens is 2. The first-order valence-corrected chi connectivity index (χ1v) is 6.66. The van der Waals surface area contributed by atoms with E-state index < -0.39 is 0 Å². The third kappa shape index (κ3) is 3.94. The van der Waals surface area contributed by atoms with Crippen LogP contribution in [0.4, 0.5) is 0 Å². The first-order chi connectivity index (χ1) is 10.1. The Morgan fingerprint density at radius 1 is 1.43 bits per heavy atom. The molecule has 0 aliphatic heterocycles. The highest BCUT2D eigenvalue weighted by molar-refractivity contribution is 5.96. The normalized spacial score (nSPS) is 9.86. The van der Waals surface area contributed by atoms with Crippen LogP contribution >= 0.6 is 0 Å². The van der Waals surface area contributed by atoms with Gasteiger partial charge in [-0.1, -0.05) is 17.9 Å². The molecule has 0 atom stereocenters. The van der Waals surface area contributed by atoms with Crippen LogP contribution in [0.25, 0.3) is 0 Å². The van der Waals surface area contributed by atoms with Gasteiger partial charge in [-0.25, -0.2) is 0 Å². The summed E-state index contributed by atoms with van der Waals surface area (Å²) >= 11 is 0. The number of amides is 1. The Morgan fingerprint density at radius 2 is 2.24 bits per heavy atom. The number of nitrogens with zero attached hydrogens (tertiary/aromatic N) is 2. The Morgan fingerprint density at radius 3 is 2.90 bits per heavy atom. The van der Waals surface area contributed by atoms with Crippen LogP contribution in [0.2, 0.25) is 0 Å². The zero-order valence-corrected chi connectivity index (χ0v) is 12.2. The zero-order chi connectivity index (χ0) is 15.2. The standard InChI is InChI=1S/C16H18N4O/c1-12-5-6-15(13(10-12)4-3-8-17)16(21)18-11-14-7-9-20(2)19-14/h5-7,9-10H,8,11,17H2,1-2H3,(H,18,21). The highest BCUT2D eigenvalue weighted by Gasteiger charge is 2.10. The number of hydrogen-bond donors (Lipinski definition) is 2. The smallest absolute Gasteiger partial charge is 0.252 e. The summed E-state index contributed by atoms with van der Waals surface area (Å²) in [5.41, 5.74) is 8.51. The van der Waals surface area contributed by atoms with E-state index in [-0.39, 0.29) is 12.5 Å². The molecule has 21 heavy (non-hydrogen) atoms. The van der Waals surface area contributed by atoms with Crippen molar-refractivity contribution >= 4 is 5.91 Å². The maximum absolute atomic E-state index is 12.3. The van der Waals surface area contributed by atoms with Gasteiger partial charge in [0.05, 0.1) is 24.3 Å². The molecule has 0 spiro atoms. The highest BCUT2D eigenvalue weighted by atomic mass is 16.1. The Bertz CT molecular complexity index is 707. The van der Waals surface area contributed by atoms with Gasteiger partial charge in [0, 0.05) is 18.8 Å². The van der Waals surface area contributed by atoms with Gasteiger partial charge in [-0.2, -0.15) is 5.10 Å². The number of carbonyl (C=O) groups is 1. The minimum atomic E-state index is -0.165. The number of rotatable bonds is 3. The van der Waals surface area contributed by atoms with E-state index in [2.05, 4.69) is 22.3 Å². The van der Waals surface area contributed by atoms with Crippen molar-refractivity contribution in [2.45, 2.75) is 13.5 Å². The summed E-state index contributed by atoms with van der Waals surface area (Å²) in [6.45, 7) is 2.61. The zero-order valence-electron chi connectivity index (χ0n) is 12.2. The van der Waals surface area contributed by atoms with Gasteiger partial charge in [0.15, 0.2) is 0 Å². The number of nitrogens with one attached hydrogen (secondary N) is 1. The first-order valence-electron chi connectivity index (χ1n) is 6.66. The minimum absolute atomic E-state index is 0.165. The van der Waals surface area contributed by atoms with Crippen molar-refractivity contribution in [3.8, 4) is 11.8 Å². The fourth-order valence-electron chi connectivity index (χ4n) is 1.93. The number of hydrogen-bond acceptors (Lipinski definition) is 3. The minimum Gasteiger partial charge on any atom is -0.346 e. The predicted molar refractivity (Wildman–Crippen MR) is 81.5 cm³/mol. The maximum atomic E-state index is 12.3. The van der Waals surface area contributed by atoms with Crippen molar-refractivity contribution < 1.29 is 4.79 Å². The molecule has 108 valence electrons. The van der Waals surface area contributed by atoms with Crippen molar-refractivity contribution in [1.29, 1.82) is 0 Å². The summed E-state index contributed by atoms with van der Waals surface area (Å²) in [5, 5.41) is 7.07. The van der Waals surface area contributed by atoms with Gasteiger partial charge >= 0.3 is 0 Å². The summed E-state index contributed by atoms with van der Waals surface area (Å²) in [5.74, 6) is 5.56. The SMILES string of the molecule is Cc1ccc(C(=O)NCc2ccn(C)n2)c(C#CCN)c1. The summed E-state index contributed by atoms with van der Waals surface area (Å²) in [6.07, 6.45) is 1.84. The van der Waals surface area contributed by atoms with E-state index in [1.807, 2.05) is 38.4 Å². The Kier molecular flexibility index (Phi) is 4.75. The van der Waals surface area contributed by atoms with Gasteiger partial charge in [-0.05, 0) is 30.7 Å².